The average molecular weight is 330 g/mol. The summed E-state index contributed by atoms with van der Waals surface area (Å²) in [6.07, 6.45) is 12.2. The molecule has 0 amide bonds. The SMILES string of the molecule is CCNC(=NCc1nnc2n1CCCC2)NCCC1=CCCCC1. The largest absolute Gasteiger partial charge is 0.357 e. The van der Waals surface area contributed by atoms with Crippen LogP contribution in [0.3, 0.4) is 0 Å². The number of aromatic nitrogens is 3. The van der Waals surface area contributed by atoms with Crippen molar-refractivity contribution in [3.8, 4) is 0 Å². The molecule has 3 rings (SSSR count). The van der Waals surface area contributed by atoms with Crippen molar-refractivity contribution in [2.24, 2.45) is 4.99 Å². The van der Waals surface area contributed by atoms with Crippen molar-refractivity contribution in [3.63, 3.8) is 0 Å². The fourth-order valence-electron chi connectivity index (χ4n) is 3.45. The summed E-state index contributed by atoms with van der Waals surface area (Å²) in [6, 6.07) is 0. The molecule has 0 saturated carbocycles. The second kappa shape index (κ2) is 8.85. The van der Waals surface area contributed by atoms with Gasteiger partial charge in [0, 0.05) is 26.1 Å². The van der Waals surface area contributed by atoms with Crippen molar-refractivity contribution in [1.82, 2.24) is 25.4 Å². The van der Waals surface area contributed by atoms with Gasteiger partial charge >= 0.3 is 0 Å². The molecule has 2 N–H and O–H groups in total. The van der Waals surface area contributed by atoms with Gasteiger partial charge in [0.05, 0.1) is 0 Å². The first-order chi connectivity index (χ1) is 11.9. The molecule has 1 aromatic heterocycles. The number of fused-ring (bicyclic) bond motifs is 1. The van der Waals surface area contributed by atoms with E-state index in [0.717, 1.165) is 50.1 Å². The van der Waals surface area contributed by atoms with Crippen LogP contribution < -0.4 is 10.6 Å². The lowest BCUT2D eigenvalue weighted by Crippen LogP contribution is -2.38. The van der Waals surface area contributed by atoms with Crippen molar-refractivity contribution in [2.75, 3.05) is 13.1 Å². The molecule has 6 heteroatoms. The molecular formula is C18H30N6. The molecule has 0 radical (unpaired) electrons. The van der Waals surface area contributed by atoms with Gasteiger partial charge in [-0.2, -0.15) is 0 Å². The molecule has 0 atom stereocenters. The number of hydrogen-bond acceptors (Lipinski definition) is 3. The molecule has 2 aliphatic rings. The van der Waals surface area contributed by atoms with E-state index in [4.69, 9.17) is 4.99 Å². The topological polar surface area (TPSA) is 67.1 Å². The highest BCUT2D eigenvalue weighted by Crippen LogP contribution is 2.19. The van der Waals surface area contributed by atoms with E-state index in [2.05, 4.69) is 38.4 Å². The van der Waals surface area contributed by atoms with Crippen LogP contribution in [0.5, 0.6) is 0 Å². The van der Waals surface area contributed by atoms with Crippen molar-refractivity contribution in [2.45, 2.75) is 71.4 Å². The van der Waals surface area contributed by atoms with E-state index in [1.165, 1.54) is 38.5 Å². The summed E-state index contributed by atoms with van der Waals surface area (Å²) < 4.78 is 2.24. The standard InChI is InChI=1S/C18H30N6/c1-2-19-18(20-12-11-15-8-4-3-5-9-15)21-14-17-23-22-16-10-6-7-13-24(16)17/h8H,2-7,9-14H2,1H3,(H2,19,20,21). The molecule has 132 valence electrons. The lowest BCUT2D eigenvalue weighted by atomic mass is 9.97. The zero-order valence-corrected chi connectivity index (χ0v) is 14.9. The van der Waals surface area contributed by atoms with Crippen molar-refractivity contribution >= 4 is 5.96 Å². The van der Waals surface area contributed by atoms with E-state index in [-0.39, 0.29) is 0 Å². The Morgan fingerprint density at radius 3 is 2.92 bits per heavy atom. The van der Waals surface area contributed by atoms with Crippen LogP contribution in [0, 0.1) is 0 Å². The molecule has 2 heterocycles. The molecule has 0 aromatic carbocycles. The van der Waals surface area contributed by atoms with E-state index in [1.54, 1.807) is 5.57 Å². The van der Waals surface area contributed by atoms with Crippen LogP contribution in [0.2, 0.25) is 0 Å². The highest BCUT2D eigenvalue weighted by Gasteiger charge is 2.15. The Morgan fingerprint density at radius 2 is 2.08 bits per heavy atom. The van der Waals surface area contributed by atoms with Gasteiger partial charge in [-0.15, -0.1) is 10.2 Å². The Balaban J connectivity index is 1.53. The van der Waals surface area contributed by atoms with Crippen molar-refractivity contribution < 1.29 is 0 Å². The molecule has 0 saturated heterocycles. The quantitative estimate of drug-likeness (QED) is 0.478. The predicted octanol–water partition coefficient (Wildman–Crippen LogP) is 2.56. The third-order valence-corrected chi connectivity index (χ3v) is 4.78. The number of nitrogens with zero attached hydrogens (tertiary/aromatic N) is 4. The maximum atomic E-state index is 4.70. The Morgan fingerprint density at radius 1 is 1.17 bits per heavy atom. The summed E-state index contributed by atoms with van der Waals surface area (Å²) in [5.74, 6) is 2.98. The van der Waals surface area contributed by atoms with Gasteiger partial charge in [0.2, 0.25) is 0 Å². The summed E-state index contributed by atoms with van der Waals surface area (Å²) in [5, 5.41) is 15.4. The molecule has 24 heavy (non-hydrogen) atoms. The zero-order valence-electron chi connectivity index (χ0n) is 14.9. The number of hydrogen-bond donors (Lipinski definition) is 2. The average Bonchev–Trinajstić information content (AvgIpc) is 3.04. The summed E-state index contributed by atoms with van der Waals surface area (Å²) in [6.45, 7) is 5.53. The Bertz CT molecular complexity index is 586. The van der Waals surface area contributed by atoms with Gasteiger partial charge in [-0.3, -0.25) is 0 Å². The molecule has 6 nitrogen and oxygen atoms in total. The van der Waals surface area contributed by atoms with E-state index in [9.17, 15) is 0 Å². The molecule has 0 spiro atoms. The third-order valence-electron chi connectivity index (χ3n) is 4.78. The van der Waals surface area contributed by atoms with Gasteiger partial charge < -0.3 is 15.2 Å². The summed E-state index contributed by atoms with van der Waals surface area (Å²) in [4.78, 5) is 4.70. The fraction of sp³-hybridized carbons (Fsp3) is 0.722. The fourth-order valence-corrected chi connectivity index (χ4v) is 3.45. The number of rotatable bonds is 6. The van der Waals surface area contributed by atoms with Crippen LogP contribution in [0.15, 0.2) is 16.6 Å². The lowest BCUT2D eigenvalue weighted by molar-refractivity contribution is 0.508. The molecular weight excluding hydrogens is 300 g/mol. The molecule has 1 aliphatic carbocycles. The number of allylic oxidation sites excluding steroid dienone is 1. The lowest BCUT2D eigenvalue weighted by Gasteiger charge is -2.16. The monoisotopic (exact) mass is 330 g/mol. The number of aliphatic imine (C=N–C) groups is 1. The van der Waals surface area contributed by atoms with E-state index in [1.807, 2.05) is 0 Å². The van der Waals surface area contributed by atoms with Gasteiger partial charge in [-0.1, -0.05) is 11.6 Å². The molecule has 0 bridgehead atoms. The van der Waals surface area contributed by atoms with Gasteiger partial charge in [0.1, 0.15) is 12.4 Å². The Kier molecular flexibility index (Phi) is 6.26. The first-order valence-electron chi connectivity index (χ1n) is 9.48. The van der Waals surface area contributed by atoms with Crippen LogP contribution in [0.25, 0.3) is 0 Å². The van der Waals surface area contributed by atoms with Crippen molar-refractivity contribution in [1.29, 1.82) is 0 Å². The van der Waals surface area contributed by atoms with Gasteiger partial charge in [-0.05, 0) is 51.9 Å². The maximum Gasteiger partial charge on any atom is 0.191 e. The minimum absolute atomic E-state index is 0.588. The second-order valence-electron chi connectivity index (χ2n) is 6.62. The van der Waals surface area contributed by atoms with Crippen LogP contribution >= 0.6 is 0 Å². The zero-order chi connectivity index (χ0) is 16.6. The van der Waals surface area contributed by atoms with Gasteiger partial charge in [0.15, 0.2) is 11.8 Å². The first-order valence-corrected chi connectivity index (χ1v) is 9.48. The smallest absolute Gasteiger partial charge is 0.191 e. The maximum absolute atomic E-state index is 4.70. The van der Waals surface area contributed by atoms with Crippen LogP contribution in [0.4, 0.5) is 0 Å². The van der Waals surface area contributed by atoms with Crippen LogP contribution in [-0.4, -0.2) is 33.8 Å². The third kappa shape index (κ3) is 4.58. The minimum Gasteiger partial charge on any atom is -0.357 e. The van der Waals surface area contributed by atoms with Gasteiger partial charge in [0.25, 0.3) is 0 Å². The molecule has 0 unspecified atom stereocenters. The van der Waals surface area contributed by atoms with E-state index < -0.39 is 0 Å². The second-order valence-corrected chi connectivity index (χ2v) is 6.62. The molecule has 0 fully saturated rings. The Labute approximate surface area is 144 Å². The first kappa shape index (κ1) is 17.0. The molecule has 1 aliphatic heterocycles. The van der Waals surface area contributed by atoms with Crippen molar-refractivity contribution in [3.05, 3.63) is 23.3 Å². The number of nitrogens with one attached hydrogen (secondary N) is 2. The van der Waals surface area contributed by atoms with Gasteiger partial charge in [-0.25, -0.2) is 4.99 Å². The predicted molar refractivity (Wildman–Crippen MR) is 96.9 cm³/mol. The summed E-state index contributed by atoms with van der Waals surface area (Å²) >= 11 is 0. The number of guanidine groups is 1. The summed E-state index contributed by atoms with van der Waals surface area (Å²) in [5.41, 5.74) is 1.59. The minimum atomic E-state index is 0.588. The normalized spacial score (nSPS) is 18.0. The van der Waals surface area contributed by atoms with Crippen LogP contribution in [0.1, 0.15) is 63.5 Å². The Hall–Kier alpha value is -1.85. The highest BCUT2D eigenvalue weighted by molar-refractivity contribution is 5.79. The van der Waals surface area contributed by atoms with E-state index >= 15 is 0 Å². The van der Waals surface area contributed by atoms with Crippen LogP contribution in [-0.2, 0) is 19.5 Å². The number of aryl methyl sites for hydroxylation is 1. The summed E-state index contributed by atoms with van der Waals surface area (Å²) in [7, 11) is 0. The molecule has 1 aromatic rings. The van der Waals surface area contributed by atoms with E-state index in [0.29, 0.717) is 6.54 Å². The highest BCUT2D eigenvalue weighted by atomic mass is 15.3.